The van der Waals surface area contributed by atoms with Crippen molar-refractivity contribution in [2.45, 2.75) is 31.7 Å². The van der Waals surface area contributed by atoms with Gasteiger partial charge < -0.3 is 10.1 Å². The first kappa shape index (κ1) is 23.6. The lowest BCUT2D eigenvalue weighted by Crippen LogP contribution is -2.27. The molecule has 0 aromatic heterocycles. The number of anilines is 1. The van der Waals surface area contributed by atoms with Gasteiger partial charge in [0.1, 0.15) is 10.6 Å². The minimum Gasteiger partial charge on any atom is -0.496 e. The minimum absolute atomic E-state index is 0.0246. The van der Waals surface area contributed by atoms with Crippen LogP contribution in [0.15, 0.2) is 65.6 Å². The molecule has 0 aliphatic rings. The van der Waals surface area contributed by atoms with Gasteiger partial charge in [0, 0.05) is 11.1 Å². The van der Waals surface area contributed by atoms with E-state index in [0.29, 0.717) is 11.4 Å². The van der Waals surface area contributed by atoms with Gasteiger partial charge in [-0.2, -0.15) is 0 Å². The summed E-state index contributed by atoms with van der Waals surface area (Å²) in [5.74, 6) is 0.223. The number of carbonyl (C=O) groups excluding carboxylic acids is 1. The fourth-order valence-electron chi connectivity index (χ4n) is 3.36. The van der Waals surface area contributed by atoms with Crippen molar-refractivity contribution >= 4 is 33.2 Å². The van der Waals surface area contributed by atoms with Crippen LogP contribution in [0.5, 0.6) is 5.75 Å². The van der Waals surface area contributed by atoms with Gasteiger partial charge in [0.25, 0.3) is 15.9 Å². The Bertz CT molecular complexity index is 1260. The van der Waals surface area contributed by atoms with E-state index in [4.69, 9.17) is 16.3 Å². The summed E-state index contributed by atoms with van der Waals surface area (Å²) in [6, 6.07) is 16.6. The summed E-state index contributed by atoms with van der Waals surface area (Å²) in [6.45, 7) is 5.57. The Balaban J connectivity index is 1.86. The monoisotopic (exact) mass is 472 g/mol. The molecule has 3 rings (SSSR count). The van der Waals surface area contributed by atoms with Crippen molar-refractivity contribution in [3.05, 3.63) is 87.9 Å². The topological polar surface area (TPSA) is 84.5 Å². The van der Waals surface area contributed by atoms with Gasteiger partial charge in [-0.15, -0.1) is 0 Å². The van der Waals surface area contributed by atoms with Crippen LogP contribution in [0.3, 0.4) is 0 Å². The van der Waals surface area contributed by atoms with E-state index in [1.165, 1.54) is 18.2 Å². The maximum atomic E-state index is 13.0. The zero-order valence-corrected chi connectivity index (χ0v) is 19.8. The van der Waals surface area contributed by atoms with Crippen molar-refractivity contribution in [3.63, 3.8) is 0 Å². The van der Waals surface area contributed by atoms with E-state index in [1.54, 1.807) is 13.2 Å². The molecule has 0 aliphatic carbocycles. The highest BCUT2D eigenvalue weighted by Crippen LogP contribution is 2.28. The van der Waals surface area contributed by atoms with Crippen LogP contribution in [-0.4, -0.2) is 21.4 Å². The Labute approximate surface area is 193 Å². The van der Waals surface area contributed by atoms with Crippen LogP contribution in [0.1, 0.15) is 40.0 Å². The highest BCUT2D eigenvalue weighted by Gasteiger charge is 2.22. The normalized spacial score (nSPS) is 12.2. The third-order valence-electron chi connectivity index (χ3n) is 5.06. The molecule has 32 heavy (non-hydrogen) atoms. The fraction of sp³-hybridized carbons (Fsp3) is 0.208. The van der Waals surface area contributed by atoms with E-state index in [2.05, 4.69) is 10.0 Å². The van der Waals surface area contributed by atoms with Gasteiger partial charge in [0.15, 0.2) is 0 Å². The number of nitrogens with one attached hydrogen (secondary N) is 2. The lowest BCUT2D eigenvalue weighted by atomic mass is 10.1. The number of rotatable bonds is 7. The predicted molar refractivity (Wildman–Crippen MR) is 127 cm³/mol. The molecule has 0 bridgehead atoms. The van der Waals surface area contributed by atoms with Crippen molar-refractivity contribution < 1.29 is 17.9 Å². The Morgan fingerprint density at radius 3 is 2.44 bits per heavy atom. The number of hydrogen-bond donors (Lipinski definition) is 2. The van der Waals surface area contributed by atoms with Crippen LogP contribution in [0.4, 0.5) is 5.69 Å². The molecule has 0 aliphatic heterocycles. The summed E-state index contributed by atoms with van der Waals surface area (Å²) in [5, 5.41) is 2.90. The molecule has 1 atom stereocenters. The molecule has 3 aromatic rings. The number of sulfonamides is 1. The number of hydrogen-bond acceptors (Lipinski definition) is 4. The molecule has 6 nitrogen and oxygen atoms in total. The van der Waals surface area contributed by atoms with Gasteiger partial charge >= 0.3 is 0 Å². The lowest BCUT2D eigenvalue weighted by molar-refractivity contribution is 0.0939. The van der Waals surface area contributed by atoms with E-state index < -0.39 is 15.9 Å². The molecule has 0 fully saturated rings. The number of methoxy groups -OCH3 is 1. The Morgan fingerprint density at radius 2 is 1.75 bits per heavy atom. The Hall–Kier alpha value is -3.03. The van der Waals surface area contributed by atoms with Crippen molar-refractivity contribution in [1.82, 2.24) is 5.32 Å². The van der Waals surface area contributed by atoms with Crippen LogP contribution in [0.25, 0.3) is 0 Å². The maximum Gasteiger partial charge on any atom is 0.263 e. The average Bonchev–Trinajstić information content (AvgIpc) is 2.75. The standard InChI is InChI=1S/C24H25ClN2O4S/c1-15-9-12-21(16(2)13-15)27-32(29,30)23-14-18(10-11-20(23)25)24(28)26-17(3)19-7-5-6-8-22(19)31-4/h5-14,17,27H,1-4H3,(H,26,28). The zero-order chi connectivity index (χ0) is 23.5. The van der Waals surface area contributed by atoms with Gasteiger partial charge in [-0.1, -0.05) is 47.5 Å². The SMILES string of the molecule is COc1ccccc1C(C)NC(=O)c1ccc(Cl)c(S(=O)(=O)Nc2ccc(C)cc2C)c1. The van der Waals surface area contributed by atoms with E-state index >= 15 is 0 Å². The molecule has 3 aromatic carbocycles. The second-order valence-corrected chi connectivity index (χ2v) is 9.56. The van der Waals surface area contributed by atoms with E-state index in [-0.39, 0.29) is 21.5 Å². The van der Waals surface area contributed by atoms with Gasteiger partial charge in [0.05, 0.1) is 23.9 Å². The Kier molecular flexibility index (Phi) is 7.11. The van der Waals surface area contributed by atoms with Gasteiger partial charge in [-0.25, -0.2) is 8.42 Å². The molecule has 168 valence electrons. The summed E-state index contributed by atoms with van der Waals surface area (Å²) >= 11 is 6.19. The van der Waals surface area contributed by atoms with Crippen LogP contribution >= 0.6 is 11.6 Å². The molecule has 0 saturated carbocycles. The molecular weight excluding hydrogens is 448 g/mol. The molecule has 0 radical (unpaired) electrons. The number of para-hydroxylation sites is 1. The molecule has 0 heterocycles. The van der Waals surface area contributed by atoms with Gasteiger partial charge in [0.2, 0.25) is 0 Å². The first-order valence-corrected chi connectivity index (χ1v) is 11.8. The van der Waals surface area contributed by atoms with Crippen molar-refractivity contribution in [3.8, 4) is 5.75 Å². The summed E-state index contributed by atoms with van der Waals surface area (Å²) in [7, 11) is -2.45. The second kappa shape index (κ2) is 9.63. The van der Waals surface area contributed by atoms with Gasteiger partial charge in [-0.05, 0) is 56.7 Å². The van der Waals surface area contributed by atoms with E-state index in [0.717, 1.165) is 16.7 Å². The third kappa shape index (κ3) is 5.23. The summed E-state index contributed by atoms with van der Waals surface area (Å²) < 4.78 is 33.9. The molecule has 2 N–H and O–H groups in total. The minimum atomic E-state index is -4.01. The molecule has 0 saturated heterocycles. The third-order valence-corrected chi connectivity index (χ3v) is 6.91. The number of aryl methyl sites for hydroxylation is 2. The molecule has 1 amide bonds. The average molecular weight is 473 g/mol. The molecule has 8 heteroatoms. The predicted octanol–water partition coefficient (Wildman–Crippen LogP) is 5.26. The van der Waals surface area contributed by atoms with Crippen LogP contribution in [0, 0.1) is 13.8 Å². The Morgan fingerprint density at radius 1 is 1.03 bits per heavy atom. The second-order valence-electron chi connectivity index (χ2n) is 7.51. The van der Waals surface area contributed by atoms with Gasteiger partial charge in [-0.3, -0.25) is 9.52 Å². The lowest BCUT2D eigenvalue weighted by Gasteiger charge is -2.18. The van der Waals surface area contributed by atoms with Crippen LogP contribution in [-0.2, 0) is 10.0 Å². The highest BCUT2D eigenvalue weighted by atomic mass is 35.5. The fourth-order valence-corrected chi connectivity index (χ4v) is 5.02. The van der Waals surface area contributed by atoms with E-state index in [9.17, 15) is 13.2 Å². The van der Waals surface area contributed by atoms with Crippen molar-refractivity contribution in [2.75, 3.05) is 11.8 Å². The molecule has 1 unspecified atom stereocenters. The number of carbonyl (C=O) groups is 1. The van der Waals surface area contributed by atoms with Crippen molar-refractivity contribution in [1.29, 1.82) is 0 Å². The number of halogens is 1. The first-order valence-electron chi connectivity index (χ1n) is 9.96. The first-order chi connectivity index (χ1) is 15.1. The smallest absolute Gasteiger partial charge is 0.263 e. The maximum absolute atomic E-state index is 13.0. The highest BCUT2D eigenvalue weighted by molar-refractivity contribution is 7.92. The number of benzene rings is 3. The molecule has 0 spiro atoms. The summed E-state index contributed by atoms with van der Waals surface area (Å²) in [5.41, 5.74) is 3.24. The van der Waals surface area contributed by atoms with Crippen molar-refractivity contribution in [2.24, 2.45) is 0 Å². The quantitative estimate of drug-likeness (QED) is 0.491. The number of ether oxygens (including phenoxy) is 1. The summed E-state index contributed by atoms with van der Waals surface area (Å²) in [6.07, 6.45) is 0. The summed E-state index contributed by atoms with van der Waals surface area (Å²) in [4.78, 5) is 12.7. The molecular formula is C24H25ClN2O4S. The van der Waals surface area contributed by atoms with E-state index in [1.807, 2.05) is 57.2 Å². The van der Waals surface area contributed by atoms with Crippen LogP contribution in [0.2, 0.25) is 5.02 Å². The number of amides is 1. The zero-order valence-electron chi connectivity index (χ0n) is 18.3. The van der Waals surface area contributed by atoms with Crippen LogP contribution < -0.4 is 14.8 Å². The largest absolute Gasteiger partial charge is 0.496 e.